The Morgan fingerprint density at radius 1 is 1.43 bits per heavy atom. The van der Waals surface area contributed by atoms with Crippen LogP contribution in [0, 0.1) is 6.92 Å². The molecule has 0 aliphatic heterocycles. The van der Waals surface area contributed by atoms with Gasteiger partial charge in [0.25, 0.3) is 0 Å². The van der Waals surface area contributed by atoms with Gasteiger partial charge in [-0.2, -0.15) is 0 Å². The van der Waals surface area contributed by atoms with Gasteiger partial charge in [-0.3, -0.25) is 0 Å². The first-order chi connectivity index (χ1) is 6.69. The molecule has 0 unspecified atom stereocenters. The van der Waals surface area contributed by atoms with Crippen LogP contribution >= 0.6 is 15.9 Å². The molecular weight excluding hydrogens is 248 g/mol. The molecule has 14 heavy (non-hydrogen) atoms. The summed E-state index contributed by atoms with van der Waals surface area (Å²) in [5, 5.41) is 9.13. The van der Waals surface area contributed by atoms with Crippen molar-refractivity contribution in [3.05, 3.63) is 27.7 Å². The Kier molecular flexibility index (Phi) is 4.38. The Labute approximate surface area is 91.8 Å². The summed E-state index contributed by atoms with van der Waals surface area (Å²) in [6, 6.07) is 3.77. The first kappa shape index (κ1) is 11.5. The van der Waals surface area contributed by atoms with Gasteiger partial charge in [0.05, 0.1) is 6.61 Å². The molecule has 78 valence electrons. The Balaban J connectivity index is 2.99. The van der Waals surface area contributed by atoms with Crippen LogP contribution in [-0.4, -0.2) is 19.0 Å². The quantitative estimate of drug-likeness (QED) is 0.845. The molecule has 0 amide bonds. The van der Waals surface area contributed by atoms with E-state index in [1.165, 1.54) is 0 Å². The lowest BCUT2D eigenvalue weighted by atomic mass is 10.1. The van der Waals surface area contributed by atoms with Crippen molar-refractivity contribution >= 4 is 15.9 Å². The third-order valence-corrected chi connectivity index (χ3v) is 2.27. The highest BCUT2D eigenvalue weighted by molar-refractivity contribution is 9.10. The van der Waals surface area contributed by atoms with Crippen LogP contribution in [-0.2, 0) is 11.3 Å². The van der Waals surface area contributed by atoms with Gasteiger partial charge in [0.1, 0.15) is 5.75 Å². The number of benzene rings is 1. The summed E-state index contributed by atoms with van der Waals surface area (Å²) < 4.78 is 11.1. The number of aliphatic hydroxyl groups excluding tert-OH is 1. The first-order valence-electron chi connectivity index (χ1n) is 4.20. The highest BCUT2D eigenvalue weighted by Crippen LogP contribution is 2.27. The van der Waals surface area contributed by atoms with Crippen LogP contribution in [0.2, 0.25) is 0 Å². The molecule has 0 bridgehead atoms. The zero-order valence-electron chi connectivity index (χ0n) is 8.21. The second-order valence-electron chi connectivity index (χ2n) is 2.92. The summed E-state index contributed by atoms with van der Waals surface area (Å²) >= 11 is 3.36. The lowest BCUT2D eigenvalue weighted by molar-refractivity contribution is 0.0490. The fourth-order valence-electron chi connectivity index (χ4n) is 1.24. The zero-order valence-corrected chi connectivity index (χ0v) is 9.80. The van der Waals surface area contributed by atoms with Crippen molar-refractivity contribution in [2.24, 2.45) is 0 Å². The minimum Gasteiger partial charge on any atom is -0.467 e. The fourth-order valence-corrected chi connectivity index (χ4v) is 1.86. The van der Waals surface area contributed by atoms with Crippen molar-refractivity contribution in [3.8, 4) is 5.75 Å². The predicted octanol–water partition coefficient (Wildman–Crippen LogP) is 2.23. The van der Waals surface area contributed by atoms with Crippen molar-refractivity contribution < 1.29 is 14.6 Å². The molecule has 3 nitrogen and oxygen atoms in total. The zero-order chi connectivity index (χ0) is 10.6. The van der Waals surface area contributed by atoms with Crippen LogP contribution in [0.4, 0.5) is 0 Å². The largest absolute Gasteiger partial charge is 0.467 e. The SMILES string of the molecule is COCOc1c(C)cc(Br)cc1CO. The number of aryl methyl sites for hydroxylation is 1. The number of methoxy groups -OCH3 is 1. The van der Waals surface area contributed by atoms with Gasteiger partial charge >= 0.3 is 0 Å². The molecule has 0 saturated carbocycles. The number of rotatable bonds is 4. The van der Waals surface area contributed by atoms with Gasteiger partial charge in [-0.1, -0.05) is 15.9 Å². The molecule has 0 aliphatic carbocycles. The maximum atomic E-state index is 9.13. The average Bonchev–Trinajstić information content (AvgIpc) is 2.15. The summed E-state index contributed by atoms with van der Waals surface area (Å²) in [5.74, 6) is 0.692. The minimum absolute atomic E-state index is 0.0423. The number of hydrogen-bond donors (Lipinski definition) is 1. The van der Waals surface area contributed by atoms with E-state index in [1.807, 2.05) is 19.1 Å². The predicted molar refractivity (Wildman–Crippen MR) is 57.3 cm³/mol. The second kappa shape index (κ2) is 5.34. The third-order valence-electron chi connectivity index (χ3n) is 1.81. The Bertz CT molecular complexity index is 312. The smallest absolute Gasteiger partial charge is 0.188 e. The summed E-state index contributed by atoms with van der Waals surface area (Å²) in [6.45, 7) is 2.07. The Morgan fingerprint density at radius 3 is 2.71 bits per heavy atom. The number of ether oxygens (including phenoxy) is 2. The van der Waals surface area contributed by atoms with Gasteiger partial charge < -0.3 is 14.6 Å². The van der Waals surface area contributed by atoms with Gasteiger partial charge in [-0.05, 0) is 24.6 Å². The Hall–Kier alpha value is -0.580. The molecule has 1 rings (SSSR count). The van der Waals surface area contributed by atoms with E-state index in [4.69, 9.17) is 14.6 Å². The van der Waals surface area contributed by atoms with E-state index < -0.39 is 0 Å². The van der Waals surface area contributed by atoms with Crippen molar-refractivity contribution in [1.82, 2.24) is 0 Å². The van der Waals surface area contributed by atoms with Gasteiger partial charge in [0, 0.05) is 17.1 Å². The number of aliphatic hydroxyl groups is 1. The van der Waals surface area contributed by atoms with Gasteiger partial charge in [-0.25, -0.2) is 0 Å². The molecule has 0 aliphatic rings. The second-order valence-corrected chi connectivity index (χ2v) is 3.84. The molecule has 4 heteroatoms. The standard InChI is InChI=1S/C10H13BrO3/c1-7-3-9(11)4-8(5-12)10(7)14-6-13-2/h3-4,12H,5-6H2,1-2H3. The molecule has 1 aromatic rings. The normalized spacial score (nSPS) is 10.3. The number of halogens is 1. The fraction of sp³-hybridized carbons (Fsp3) is 0.400. The van der Waals surface area contributed by atoms with Crippen LogP contribution in [0.1, 0.15) is 11.1 Å². The maximum Gasteiger partial charge on any atom is 0.188 e. The molecule has 0 saturated heterocycles. The number of hydrogen-bond acceptors (Lipinski definition) is 3. The van der Waals surface area contributed by atoms with Gasteiger partial charge in [0.2, 0.25) is 0 Å². The molecule has 0 heterocycles. The molecule has 1 N–H and O–H groups in total. The van der Waals surface area contributed by atoms with Gasteiger partial charge in [0.15, 0.2) is 6.79 Å². The lowest BCUT2D eigenvalue weighted by Crippen LogP contribution is -2.03. The van der Waals surface area contributed by atoms with Crippen LogP contribution in [0.25, 0.3) is 0 Å². The molecule has 1 aromatic carbocycles. The maximum absolute atomic E-state index is 9.13. The highest BCUT2D eigenvalue weighted by atomic mass is 79.9. The summed E-state index contributed by atoms with van der Waals surface area (Å²) in [4.78, 5) is 0. The van der Waals surface area contributed by atoms with Gasteiger partial charge in [-0.15, -0.1) is 0 Å². The van der Waals surface area contributed by atoms with E-state index in [0.717, 1.165) is 15.6 Å². The van der Waals surface area contributed by atoms with E-state index >= 15 is 0 Å². The van der Waals surface area contributed by atoms with E-state index in [2.05, 4.69) is 15.9 Å². The third kappa shape index (κ3) is 2.70. The topological polar surface area (TPSA) is 38.7 Å². The average molecular weight is 261 g/mol. The van der Waals surface area contributed by atoms with Crippen LogP contribution in [0.3, 0.4) is 0 Å². The summed E-state index contributed by atoms with van der Waals surface area (Å²) in [5.41, 5.74) is 1.73. The Morgan fingerprint density at radius 2 is 2.14 bits per heavy atom. The van der Waals surface area contributed by atoms with Crippen LogP contribution < -0.4 is 4.74 Å². The molecule has 0 atom stereocenters. The first-order valence-corrected chi connectivity index (χ1v) is 5.00. The summed E-state index contributed by atoms with van der Waals surface area (Å²) in [7, 11) is 1.56. The van der Waals surface area contributed by atoms with Crippen molar-refractivity contribution in [2.75, 3.05) is 13.9 Å². The van der Waals surface area contributed by atoms with E-state index in [-0.39, 0.29) is 13.4 Å². The minimum atomic E-state index is -0.0423. The summed E-state index contributed by atoms with van der Waals surface area (Å²) in [6.07, 6.45) is 0. The van der Waals surface area contributed by atoms with Crippen molar-refractivity contribution in [2.45, 2.75) is 13.5 Å². The van der Waals surface area contributed by atoms with E-state index in [1.54, 1.807) is 7.11 Å². The lowest BCUT2D eigenvalue weighted by Gasteiger charge is -2.12. The monoisotopic (exact) mass is 260 g/mol. The molecule has 0 aromatic heterocycles. The van der Waals surface area contributed by atoms with E-state index in [0.29, 0.717) is 5.75 Å². The molecule has 0 fully saturated rings. The molecule has 0 radical (unpaired) electrons. The molecular formula is C10H13BrO3. The highest BCUT2D eigenvalue weighted by Gasteiger charge is 2.07. The van der Waals surface area contributed by atoms with Crippen molar-refractivity contribution in [1.29, 1.82) is 0 Å². The molecule has 0 spiro atoms. The van der Waals surface area contributed by atoms with E-state index in [9.17, 15) is 0 Å². The van der Waals surface area contributed by atoms with Crippen LogP contribution in [0.15, 0.2) is 16.6 Å². The van der Waals surface area contributed by atoms with Crippen molar-refractivity contribution in [3.63, 3.8) is 0 Å². The van der Waals surface area contributed by atoms with Crippen LogP contribution in [0.5, 0.6) is 5.75 Å².